The summed E-state index contributed by atoms with van der Waals surface area (Å²) in [5, 5.41) is 1.59. The first kappa shape index (κ1) is 14.3. The van der Waals surface area contributed by atoms with E-state index in [1.54, 1.807) is 6.07 Å². The Morgan fingerprint density at radius 2 is 1.89 bits per heavy atom. The molecule has 1 atom stereocenters. The van der Waals surface area contributed by atoms with Gasteiger partial charge in [0.05, 0.1) is 0 Å². The average molecular weight is 284 g/mol. The molecule has 2 rings (SSSR count). The van der Waals surface area contributed by atoms with Crippen molar-refractivity contribution in [2.75, 3.05) is 13.2 Å². The predicted octanol–water partition coefficient (Wildman–Crippen LogP) is 3.49. The Bertz CT molecular complexity index is 534. The maximum absolute atomic E-state index is 6.14. The molecule has 0 aliphatic heterocycles. The van der Waals surface area contributed by atoms with Gasteiger partial charge in [-0.3, -0.25) is 0 Å². The van der Waals surface area contributed by atoms with E-state index in [1.807, 2.05) is 32.0 Å². The number of ether oxygens (including phenoxy) is 2. The molecule has 4 nitrogen and oxygen atoms in total. The molecular formula is C14H18ClNO3. The first-order valence-corrected chi connectivity index (χ1v) is 6.71. The van der Waals surface area contributed by atoms with Crippen LogP contribution in [0.1, 0.15) is 25.6 Å². The van der Waals surface area contributed by atoms with E-state index in [0.29, 0.717) is 24.0 Å². The molecule has 104 valence electrons. The van der Waals surface area contributed by atoms with Crippen LogP contribution in [-0.4, -0.2) is 19.5 Å². The van der Waals surface area contributed by atoms with Gasteiger partial charge in [0.25, 0.3) is 0 Å². The van der Waals surface area contributed by atoms with E-state index in [0.717, 1.165) is 11.0 Å². The number of nitrogens with two attached hydrogens (primary N) is 1. The number of halogens is 1. The number of hydrogen-bond acceptors (Lipinski definition) is 4. The fourth-order valence-corrected chi connectivity index (χ4v) is 2.10. The van der Waals surface area contributed by atoms with Crippen molar-refractivity contribution < 1.29 is 13.9 Å². The van der Waals surface area contributed by atoms with Gasteiger partial charge in [-0.2, -0.15) is 0 Å². The first-order valence-electron chi connectivity index (χ1n) is 6.33. The van der Waals surface area contributed by atoms with Gasteiger partial charge >= 0.3 is 0 Å². The fraction of sp³-hybridized carbons (Fsp3) is 0.429. The second kappa shape index (κ2) is 6.39. The van der Waals surface area contributed by atoms with Crippen molar-refractivity contribution in [2.24, 2.45) is 5.73 Å². The molecule has 1 unspecified atom stereocenters. The van der Waals surface area contributed by atoms with Crippen LogP contribution in [0, 0.1) is 0 Å². The molecule has 0 fully saturated rings. The van der Waals surface area contributed by atoms with Gasteiger partial charge in [0.2, 0.25) is 0 Å². The van der Waals surface area contributed by atoms with Crippen molar-refractivity contribution >= 4 is 22.6 Å². The van der Waals surface area contributed by atoms with E-state index in [9.17, 15) is 0 Å². The topological polar surface area (TPSA) is 57.6 Å². The Morgan fingerprint density at radius 1 is 1.21 bits per heavy atom. The first-order chi connectivity index (χ1) is 9.15. The van der Waals surface area contributed by atoms with Gasteiger partial charge < -0.3 is 19.6 Å². The molecule has 19 heavy (non-hydrogen) atoms. The molecule has 0 saturated carbocycles. The van der Waals surface area contributed by atoms with Crippen molar-refractivity contribution in [3.05, 3.63) is 35.0 Å². The molecule has 0 spiro atoms. The zero-order valence-corrected chi connectivity index (χ0v) is 11.8. The quantitative estimate of drug-likeness (QED) is 0.825. The Kier molecular flexibility index (Phi) is 4.82. The summed E-state index contributed by atoms with van der Waals surface area (Å²) in [4.78, 5) is 0. The number of fused-ring (bicyclic) bond motifs is 1. The highest BCUT2D eigenvalue weighted by molar-refractivity contribution is 6.31. The molecule has 5 heteroatoms. The summed E-state index contributed by atoms with van der Waals surface area (Å²) in [7, 11) is 0. The summed E-state index contributed by atoms with van der Waals surface area (Å²) in [6.07, 6.45) is -0.508. The molecule has 0 radical (unpaired) electrons. The molecule has 0 aliphatic carbocycles. The van der Waals surface area contributed by atoms with Crippen LogP contribution in [-0.2, 0) is 9.47 Å². The van der Waals surface area contributed by atoms with Gasteiger partial charge in [0.15, 0.2) is 6.29 Å². The zero-order valence-electron chi connectivity index (χ0n) is 11.1. The molecular weight excluding hydrogens is 266 g/mol. The third-order valence-corrected chi connectivity index (χ3v) is 3.02. The van der Waals surface area contributed by atoms with Crippen LogP contribution in [0.3, 0.4) is 0 Å². The molecule has 0 bridgehead atoms. The summed E-state index contributed by atoms with van der Waals surface area (Å²) in [5.74, 6) is 0.629. The van der Waals surface area contributed by atoms with Crippen molar-refractivity contribution in [3.63, 3.8) is 0 Å². The second-order valence-electron chi connectivity index (χ2n) is 4.14. The molecule has 1 aromatic heterocycles. The van der Waals surface area contributed by atoms with Crippen LogP contribution in [0.2, 0.25) is 5.02 Å². The van der Waals surface area contributed by atoms with E-state index in [1.165, 1.54) is 0 Å². The highest BCUT2D eigenvalue weighted by Crippen LogP contribution is 2.27. The molecule has 2 aromatic rings. The maximum atomic E-state index is 6.14. The normalized spacial score (nSPS) is 13.3. The van der Waals surface area contributed by atoms with E-state index in [-0.39, 0.29) is 0 Å². The van der Waals surface area contributed by atoms with Crippen molar-refractivity contribution in [3.8, 4) is 0 Å². The Hall–Kier alpha value is -1.07. The number of furan rings is 1. The predicted molar refractivity (Wildman–Crippen MR) is 75.2 cm³/mol. The van der Waals surface area contributed by atoms with Gasteiger partial charge in [0, 0.05) is 23.6 Å². The lowest BCUT2D eigenvalue weighted by atomic mass is 10.2. The largest absolute Gasteiger partial charge is 0.459 e. The highest BCUT2D eigenvalue weighted by atomic mass is 35.5. The second-order valence-corrected chi connectivity index (χ2v) is 4.57. The van der Waals surface area contributed by atoms with Gasteiger partial charge in [-0.05, 0) is 38.1 Å². The van der Waals surface area contributed by atoms with Crippen LogP contribution >= 0.6 is 11.6 Å². The third-order valence-electron chi connectivity index (χ3n) is 2.78. The van der Waals surface area contributed by atoms with E-state index < -0.39 is 12.3 Å². The maximum Gasteiger partial charge on any atom is 0.179 e. The SMILES string of the molecule is CCOC(OCC)C(N)c1cc2cc(Cl)ccc2o1. The van der Waals surface area contributed by atoms with Crippen molar-refractivity contribution in [2.45, 2.75) is 26.2 Å². The molecule has 0 aliphatic rings. The van der Waals surface area contributed by atoms with Crippen LogP contribution < -0.4 is 5.73 Å². The summed E-state index contributed by atoms with van der Waals surface area (Å²) in [5.41, 5.74) is 6.89. The fourth-order valence-electron chi connectivity index (χ4n) is 1.92. The Balaban J connectivity index is 2.26. The summed E-state index contributed by atoms with van der Waals surface area (Å²) < 4.78 is 16.7. The monoisotopic (exact) mass is 283 g/mol. The lowest BCUT2D eigenvalue weighted by Crippen LogP contribution is -2.31. The van der Waals surface area contributed by atoms with Gasteiger partial charge in [-0.1, -0.05) is 11.6 Å². The summed E-state index contributed by atoms with van der Waals surface area (Å²) >= 11 is 5.95. The molecule has 1 heterocycles. The standard InChI is InChI=1S/C14H18ClNO3/c1-3-17-14(18-4-2)13(16)12-8-9-7-10(15)5-6-11(9)19-12/h5-8,13-14H,3-4,16H2,1-2H3. The van der Waals surface area contributed by atoms with Crippen LogP contribution in [0.4, 0.5) is 0 Å². The molecule has 0 saturated heterocycles. The van der Waals surface area contributed by atoms with Gasteiger partial charge in [-0.25, -0.2) is 0 Å². The van der Waals surface area contributed by atoms with Gasteiger partial charge in [0.1, 0.15) is 17.4 Å². The zero-order chi connectivity index (χ0) is 13.8. The molecule has 0 amide bonds. The van der Waals surface area contributed by atoms with E-state index in [2.05, 4.69) is 0 Å². The minimum atomic E-state index is -0.508. The Morgan fingerprint density at radius 3 is 2.53 bits per heavy atom. The number of rotatable bonds is 6. The molecule has 2 N–H and O–H groups in total. The van der Waals surface area contributed by atoms with E-state index in [4.69, 9.17) is 31.2 Å². The summed E-state index contributed by atoms with van der Waals surface area (Å²) in [6.45, 7) is 4.86. The molecule has 1 aromatic carbocycles. The highest BCUT2D eigenvalue weighted by Gasteiger charge is 2.23. The van der Waals surface area contributed by atoms with Crippen LogP contribution in [0.5, 0.6) is 0 Å². The Labute approximate surface area is 117 Å². The van der Waals surface area contributed by atoms with Crippen molar-refractivity contribution in [1.29, 1.82) is 0 Å². The van der Waals surface area contributed by atoms with E-state index >= 15 is 0 Å². The van der Waals surface area contributed by atoms with Crippen LogP contribution in [0.15, 0.2) is 28.7 Å². The van der Waals surface area contributed by atoms with Gasteiger partial charge in [-0.15, -0.1) is 0 Å². The average Bonchev–Trinajstić information content (AvgIpc) is 2.80. The number of hydrogen-bond donors (Lipinski definition) is 1. The third kappa shape index (κ3) is 3.28. The number of benzene rings is 1. The lowest BCUT2D eigenvalue weighted by Gasteiger charge is -2.21. The summed E-state index contributed by atoms with van der Waals surface area (Å²) in [6, 6.07) is 6.85. The van der Waals surface area contributed by atoms with Crippen molar-refractivity contribution in [1.82, 2.24) is 0 Å². The smallest absolute Gasteiger partial charge is 0.179 e. The van der Waals surface area contributed by atoms with Crippen LogP contribution in [0.25, 0.3) is 11.0 Å². The lowest BCUT2D eigenvalue weighted by molar-refractivity contribution is -0.151. The minimum Gasteiger partial charge on any atom is -0.459 e. The minimum absolute atomic E-state index is 0.467.